The number of amides is 2. The third-order valence-corrected chi connectivity index (χ3v) is 4.47. The zero-order chi connectivity index (χ0) is 24.1. The van der Waals surface area contributed by atoms with Crippen molar-refractivity contribution in [3.05, 3.63) is 66.5 Å². The monoisotopic (exact) mass is 439 g/mol. The first-order valence-electron chi connectivity index (χ1n) is 10.9. The molecule has 7 nitrogen and oxygen atoms in total. The third-order valence-electron chi connectivity index (χ3n) is 4.47. The topological polar surface area (TPSA) is 91.6 Å². The molecule has 0 bridgehead atoms. The normalized spacial score (nSPS) is 15.2. The summed E-state index contributed by atoms with van der Waals surface area (Å²) in [4.78, 5) is 32.0. The number of carbonyl (C=O) groups is 2. The van der Waals surface area contributed by atoms with Crippen LogP contribution in [0.2, 0.25) is 0 Å². The lowest BCUT2D eigenvalue weighted by Crippen LogP contribution is -2.41. The SMILES string of the molecule is C=CC/C(=C\N(C)CC=C)CN(C)C(=O)/C=C/c1cnc2c(c1)CC(N)C(=O)N2.CCC. The van der Waals surface area contributed by atoms with Gasteiger partial charge in [-0.05, 0) is 35.3 Å². The Kier molecular flexibility index (Phi) is 11.7. The fourth-order valence-electron chi connectivity index (χ4n) is 3.02. The second kappa shape index (κ2) is 14.0. The number of pyridine rings is 1. The van der Waals surface area contributed by atoms with Crippen molar-refractivity contribution in [3.8, 4) is 0 Å². The summed E-state index contributed by atoms with van der Waals surface area (Å²) in [7, 11) is 3.72. The fourth-order valence-corrected chi connectivity index (χ4v) is 3.02. The number of nitrogens with two attached hydrogens (primary N) is 1. The lowest BCUT2D eigenvalue weighted by Gasteiger charge is -2.21. The summed E-state index contributed by atoms with van der Waals surface area (Å²) in [6, 6.07) is 1.31. The van der Waals surface area contributed by atoms with Gasteiger partial charge < -0.3 is 20.9 Å². The minimum absolute atomic E-state index is 0.117. The smallest absolute Gasteiger partial charge is 0.246 e. The molecule has 1 aliphatic rings. The van der Waals surface area contributed by atoms with E-state index in [1.807, 2.05) is 36.4 Å². The van der Waals surface area contributed by atoms with E-state index in [-0.39, 0.29) is 11.8 Å². The van der Waals surface area contributed by atoms with Gasteiger partial charge >= 0.3 is 0 Å². The average Bonchev–Trinajstić information content (AvgIpc) is 2.73. The number of fused-ring (bicyclic) bond motifs is 1. The first-order valence-corrected chi connectivity index (χ1v) is 10.9. The van der Waals surface area contributed by atoms with Gasteiger partial charge in [-0.25, -0.2) is 4.98 Å². The molecule has 0 aromatic carbocycles. The van der Waals surface area contributed by atoms with Gasteiger partial charge in [-0.2, -0.15) is 0 Å². The molecule has 0 radical (unpaired) electrons. The molecule has 2 amide bonds. The second-order valence-electron chi connectivity index (χ2n) is 7.82. The summed E-state index contributed by atoms with van der Waals surface area (Å²) in [5.41, 5.74) is 8.51. The number of rotatable bonds is 9. The maximum absolute atomic E-state index is 12.5. The average molecular weight is 440 g/mol. The predicted molar refractivity (Wildman–Crippen MR) is 133 cm³/mol. The molecule has 1 unspecified atom stereocenters. The van der Waals surface area contributed by atoms with Crippen molar-refractivity contribution in [3.63, 3.8) is 0 Å². The largest absolute Gasteiger partial charge is 0.377 e. The van der Waals surface area contributed by atoms with Crippen LogP contribution >= 0.6 is 0 Å². The Bertz CT molecular complexity index is 860. The number of hydrogen-bond acceptors (Lipinski definition) is 5. The number of hydrogen-bond donors (Lipinski definition) is 2. The van der Waals surface area contributed by atoms with Crippen LogP contribution in [0.25, 0.3) is 6.08 Å². The van der Waals surface area contributed by atoms with E-state index < -0.39 is 6.04 Å². The second-order valence-corrected chi connectivity index (χ2v) is 7.82. The standard InChI is InChI=1S/C22H29N5O2.C3H8/c1-5-7-17(14-26(3)10-6-2)15-27(4)20(28)9-8-16-11-18-12-19(23)22(29)25-21(18)24-13-16;1-3-2/h5-6,8-9,11,13-14,19H,1-2,7,10,12,15,23H2,3-4H3,(H,24,25,29);3H2,1-2H3/b9-8+,17-14+;. The molecule has 1 aliphatic heterocycles. The Labute approximate surface area is 192 Å². The minimum atomic E-state index is -0.578. The molecular formula is C25H37N5O2. The highest BCUT2D eigenvalue weighted by atomic mass is 16.2. The van der Waals surface area contributed by atoms with Gasteiger partial charge in [-0.1, -0.05) is 32.4 Å². The Morgan fingerprint density at radius 3 is 2.62 bits per heavy atom. The highest BCUT2D eigenvalue weighted by molar-refractivity contribution is 5.97. The molecule has 32 heavy (non-hydrogen) atoms. The van der Waals surface area contributed by atoms with Crippen molar-refractivity contribution in [2.45, 2.75) is 39.2 Å². The van der Waals surface area contributed by atoms with Gasteiger partial charge in [0.15, 0.2) is 0 Å². The molecule has 1 aromatic heterocycles. The van der Waals surface area contributed by atoms with Crippen molar-refractivity contribution in [1.29, 1.82) is 0 Å². The van der Waals surface area contributed by atoms with Gasteiger partial charge in [-0.15, -0.1) is 13.2 Å². The van der Waals surface area contributed by atoms with Gasteiger partial charge in [0.05, 0.1) is 6.04 Å². The molecule has 0 spiro atoms. The molecule has 3 N–H and O–H groups in total. The summed E-state index contributed by atoms with van der Waals surface area (Å²) >= 11 is 0. The number of nitrogens with zero attached hydrogens (tertiary/aromatic N) is 3. The first-order chi connectivity index (χ1) is 15.2. The van der Waals surface area contributed by atoms with Crippen LogP contribution in [0.3, 0.4) is 0 Å². The molecule has 2 rings (SSSR count). The van der Waals surface area contributed by atoms with E-state index in [1.165, 1.54) is 12.5 Å². The number of nitrogens with one attached hydrogen (secondary N) is 1. The Balaban J connectivity index is 0.00000161. The summed E-state index contributed by atoms with van der Waals surface area (Å²) in [5.74, 6) is 0.182. The summed E-state index contributed by atoms with van der Waals surface area (Å²) in [6.07, 6.45) is 12.9. The maximum atomic E-state index is 12.5. The van der Waals surface area contributed by atoms with E-state index in [0.717, 1.165) is 23.2 Å². The molecule has 1 atom stereocenters. The summed E-state index contributed by atoms with van der Waals surface area (Å²) in [5, 5.41) is 2.68. The van der Waals surface area contributed by atoms with Crippen LogP contribution < -0.4 is 11.1 Å². The Morgan fingerprint density at radius 2 is 2.00 bits per heavy atom. The molecule has 0 saturated carbocycles. The van der Waals surface area contributed by atoms with Gasteiger partial charge in [0, 0.05) is 52.1 Å². The van der Waals surface area contributed by atoms with Crippen LogP contribution in [-0.4, -0.2) is 59.8 Å². The number of anilines is 1. The van der Waals surface area contributed by atoms with E-state index in [9.17, 15) is 9.59 Å². The molecule has 0 aliphatic carbocycles. The van der Waals surface area contributed by atoms with E-state index in [1.54, 1.807) is 24.2 Å². The lowest BCUT2D eigenvalue weighted by atomic mass is 10.0. The number of carbonyl (C=O) groups excluding carboxylic acids is 2. The Morgan fingerprint density at radius 1 is 1.31 bits per heavy atom. The quantitative estimate of drug-likeness (QED) is 0.455. The van der Waals surface area contributed by atoms with Crippen molar-refractivity contribution in [2.24, 2.45) is 5.73 Å². The Hall–Kier alpha value is -3.19. The molecule has 1 aromatic rings. The van der Waals surface area contributed by atoms with Gasteiger partial charge in [-0.3, -0.25) is 9.59 Å². The number of allylic oxidation sites excluding steroid dienone is 1. The third kappa shape index (κ3) is 8.89. The molecule has 2 heterocycles. The van der Waals surface area contributed by atoms with E-state index in [4.69, 9.17) is 5.73 Å². The van der Waals surface area contributed by atoms with E-state index >= 15 is 0 Å². The molecule has 0 fully saturated rings. The fraction of sp³-hybridized carbons (Fsp3) is 0.400. The number of likely N-dealkylation sites (N-methyl/N-ethyl adjacent to an activating group) is 2. The van der Waals surface area contributed by atoms with Crippen LogP contribution in [0.15, 0.2) is 55.4 Å². The van der Waals surface area contributed by atoms with Gasteiger partial charge in [0.25, 0.3) is 0 Å². The van der Waals surface area contributed by atoms with E-state index in [2.05, 4.69) is 37.3 Å². The lowest BCUT2D eigenvalue weighted by molar-refractivity contribution is -0.124. The zero-order valence-corrected chi connectivity index (χ0v) is 19.8. The maximum Gasteiger partial charge on any atom is 0.246 e. The van der Waals surface area contributed by atoms with Crippen LogP contribution in [0.1, 0.15) is 37.8 Å². The van der Waals surface area contributed by atoms with Gasteiger partial charge in [0.2, 0.25) is 11.8 Å². The molecule has 0 saturated heterocycles. The summed E-state index contributed by atoms with van der Waals surface area (Å²) in [6.45, 7) is 13.0. The number of aromatic nitrogens is 1. The highest BCUT2D eigenvalue weighted by Crippen LogP contribution is 2.21. The van der Waals surface area contributed by atoms with Crippen LogP contribution in [0, 0.1) is 0 Å². The van der Waals surface area contributed by atoms with Crippen LogP contribution in [0.5, 0.6) is 0 Å². The molecular weight excluding hydrogens is 402 g/mol. The minimum Gasteiger partial charge on any atom is -0.377 e. The van der Waals surface area contributed by atoms with Gasteiger partial charge in [0.1, 0.15) is 5.82 Å². The van der Waals surface area contributed by atoms with Crippen molar-refractivity contribution in [2.75, 3.05) is 32.5 Å². The predicted octanol–water partition coefficient (Wildman–Crippen LogP) is 3.37. The van der Waals surface area contributed by atoms with Crippen molar-refractivity contribution in [1.82, 2.24) is 14.8 Å². The first kappa shape index (κ1) is 26.8. The zero-order valence-electron chi connectivity index (χ0n) is 19.8. The van der Waals surface area contributed by atoms with Crippen molar-refractivity contribution < 1.29 is 9.59 Å². The summed E-state index contributed by atoms with van der Waals surface area (Å²) < 4.78 is 0. The van der Waals surface area contributed by atoms with Crippen LogP contribution in [-0.2, 0) is 16.0 Å². The highest BCUT2D eigenvalue weighted by Gasteiger charge is 2.23. The molecule has 174 valence electrons. The van der Waals surface area contributed by atoms with Crippen LogP contribution in [0.4, 0.5) is 5.82 Å². The van der Waals surface area contributed by atoms with E-state index in [0.29, 0.717) is 25.2 Å². The van der Waals surface area contributed by atoms with Crippen molar-refractivity contribution >= 4 is 23.7 Å². The molecule has 7 heteroatoms.